The molecular formula is C21H35NO. The van der Waals surface area contributed by atoms with E-state index in [9.17, 15) is 5.11 Å². The van der Waals surface area contributed by atoms with Crippen LogP contribution in [0.5, 0.6) is 0 Å². The molecule has 0 amide bonds. The predicted molar refractivity (Wildman–Crippen MR) is 94.8 cm³/mol. The highest BCUT2D eigenvalue weighted by Gasteiger charge is 2.58. The largest absolute Gasteiger partial charge is 0.393 e. The lowest BCUT2D eigenvalue weighted by Gasteiger charge is -2.58. The first-order valence-corrected chi connectivity index (χ1v) is 9.99. The molecule has 130 valence electrons. The van der Waals surface area contributed by atoms with E-state index >= 15 is 0 Å². The van der Waals surface area contributed by atoms with Crippen molar-refractivity contribution in [3.05, 3.63) is 11.6 Å². The number of fused-ring (bicyclic) bond motifs is 5. The first kappa shape index (κ1) is 16.1. The molecule has 0 aromatic heterocycles. The van der Waals surface area contributed by atoms with Crippen molar-refractivity contribution in [1.29, 1.82) is 0 Å². The van der Waals surface area contributed by atoms with E-state index in [0.717, 1.165) is 36.5 Å². The highest BCUT2D eigenvalue weighted by Crippen LogP contribution is 2.66. The Morgan fingerprint density at radius 3 is 2.65 bits per heavy atom. The summed E-state index contributed by atoms with van der Waals surface area (Å²) in [4.78, 5) is 0. The van der Waals surface area contributed by atoms with Crippen LogP contribution in [0.15, 0.2) is 11.6 Å². The maximum Gasteiger partial charge on any atom is 0.0577 e. The van der Waals surface area contributed by atoms with E-state index in [0.29, 0.717) is 16.9 Å². The molecule has 3 saturated carbocycles. The van der Waals surface area contributed by atoms with E-state index in [1.807, 2.05) is 0 Å². The third kappa shape index (κ3) is 2.20. The molecule has 0 aliphatic heterocycles. The lowest BCUT2D eigenvalue weighted by molar-refractivity contribution is -0.0520. The normalized spacial score (nSPS) is 53.8. The predicted octanol–water partition coefficient (Wildman–Crippen LogP) is 4.27. The van der Waals surface area contributed by atoms with Crippen LogP contribution < -0.4 is 5.73 Å². The first-order chi connectivity index (χ1) is 10.9. The summed E-state index contributed by atoms with van der Waals surface area (Å²) in [5.41, 5.74) is 8.80. The molecular weight excluding hydrogens is 282 g/mol. The van der Waals surface area contributed by atoms with Crippen LogP contribution in [0.4, 0.5) is 0 Å². The van der Waals surface area contributed by atoms with Crippen LogP contribution >= 0.6 is 0 Å². The molecule has 0 spiro atoms. The van der Waals surface area contributed by atoms with Gasteiger partial charge in [0.1, 0.15) is 0 Å². The summed E-state index contributed by atoms with van der Waals surface area (Å²) in [6, 6.07) is 0.344. The average Bonchev–Trinajstić information content (AvgIpc) is 2.85. The molecule has 8 atom stereocenters. The molecule has 0 saturated heterocycles. The van der Waals surface area contributed by atoms with Crippen molar-refractivity contribution < 1.29 is 5.11 Å². The van der Waals surface area contributed by atoms with Crippen LogP contribution in [0.1, 0.15) is 72.1 Å². The monoisotopic (exact) mass is 317 g/mol. The second-order valence-electron chi connectivity index (χ2n) is 9.74. The Balaban J connectivity index is 1.65. The van der Waals surface area contributed by atoms with Crippen molar-refractivity contribution in [2.24, 2.45) is 40.2 Å². The fourth-order valence-electron chi connectivity index (χ4n) is 7.55. The van der Waals surface area contributed by atoms with Crippen LogP contribution in [-0.2, 0) is 0 Å². The third-order valence-corrected chi connectivity index (χ3v) is 8.79. The van der Waals surface area contributed by atoms with Gasteiger partial charge in [-0.1, -0.05) is 25.5 Å². The summed E-state index contributed by atoms with van der Waals surface area (Å²) in [5, 5.41) is 10.1. The van der Waals surface area contributed by atoms with E-state index in [1.54, 1.807) is 5.57 Å². The smallest absolute Gasteiger partial charge is 0.0577 e. The van der Waals surface area contributed by atoms with Crippen molar-refractivity contribution in [2.45, 2.75) is 84.3 Å². The standard InChI is InChI=1S/C21H35NO/c1-13(22)17-6-7-18-16-5-4-14-12-15(23)8-10-20(14,2)19(16)9-11-21(17,18)3/h4,13,15-19,23H,5-12,22H2,1-3H3/t13-,15-,16+,17+,18-,19+,20+,21-/m1/s1. The molecule has 3 fully saturated rings. The van der Waals surface area contributed by atoms with E-state index < -0.39 is 0 Å². The highest BCUT2D eigenvalue weighted by atomic mass is 16.3. The maximum atomic E-state index is 10.1. The van der Waals surface area contributed by atoms with Crippen LogP contribution in [0.2, 0.25) is 0 Å². The fourth-order valence-corrected chi connectivity index (χ4v) is 7.55. The summed E-state index contributed by atoms with van der Waals surface area (Å²) in [6.07, 6.45) is 12.3. The van der Waals surface area contributed by atoms with Gasteiger partial charge >= 0.3 is 0 Å². The lowest BCUT2D eigenvalue weighted by atomic mass is 9.47. The quantitative estimate of drug-likeness (QED) is 0.709. The van der Waals surface area contributed by atoms with Crippen molar-refractivity contribution >= 4 is 0 Å². The average molecular weight is 318 g/mol. The summed E-state index contributed by atoms with van der Waals surface area (Å²) < 4.78 is 0. The SMILES string of the molecule is C[C@@H](N)[C@@H]1CC[C@@H]2[C@@H]3CC=C4C[C@H](O)CC[C@]4(C)[C@H]3CC[C@@]21C. The van der Waals surface area contributed by atoms with Crippen LogP contribution in [0.3, 0.4) is 0 Å². The molecule has 3 N–H and O–H groups in total. The Hall–Kier alpha value is -0.340. The minimum atomic E-state index is -0.0892. The fraction of sp³-hybridized carbons (Fsp3) is 0.905. The van der Waals surface area contributed by atoms with Crippen LogP contribution in [0, 0.1) is 34.5 Å². The van der Waals surface area contributed by atoms with Gasteiger partial charge in [-0.3, -0.25) is 0 Å². The Bertz CT molecular complexity index is 512. The molecule has 0 heterocycles. The van der Waals surface area contributed by atoms with E-state index in [4.69, 9.17) is 5.73 Å². The third-order valence-electron chi connectivity index (χ3n) is 8.79. The van der Waals surface area contributed by atoms with Gasteiger partial charge in [-0.25, -0.2) is 0 Å². The molecule has 23 heavy (non-hydrogen) atoms. The van der Waals surface area contributed by atoms with Gasteiger partial charge in [-0.05, 0) is 92.8 Å². The Morgan fingerprint density at radius 1 is 1.13 bits per heavy atom. The number of aliphatic hydroxyl groups excluding tert-OH is 1. The zero-order valence-corrected chi connectivity index (χ0v) is 15.2. The molecule has 4 rings (SSSR count). The number of hydrogen-bond donors (Lipinski definition) is 2. The highest BCUT2D eigenvalue weighted by molar-refractivity contribution is 5.25. The van der Waals surface area contributed by atoms with E-state index in [-0.39, 0.29) is 6.10 Å². The number of rotatable bonds is 1. The summed E-state index contributed by atoms with van der Waals surface area (Å²) in [5.74, 6) is 3.31. The van der Waals surface area contributed by atoms with Crippen molar-refractivity contribution in [3.63, 3.8) is 0 Å². The van der Waals surface area contributed by atoms with Crippen LogP contribution in [0.25, 0.3) is 0 Å². The molecule has 0 bridgehead atoms. The molecule has 2 nitrogen and oxygen atoms in total. The van der Waals surface area contributed by atoms with Gasteiger partial charge in [-0.2, -0.15) is 0 Å². The van der Waals surface area contributed by atoms with Crippen molar-refractivity contribution in [2.75, 3.05) is 0 Å². The molecule has 4 aliphatic carbocycles. The number of aliphatic hydroxyl groups is 1. The van der Waals surface area contributed by atoms with Crippen molar-refractivity contribution in [3.8, 4) is 0 Å². The molecule has 0 aromatic carbocycles. The summed E-state index contributed by atoms with van der Waals surface area (Å²) >= 11 is 0. The molecule has 2 heteroatoms. The molecule has 0 unspecified atom stereocenters. The van der Waals surface area contributed by atoms with Crippen LogP contribution in [-0.4, -0.2) is 17.3 Å². The summed E-state index contributed by atoms with van der Waals surface area (Å²) in [6.45, 7) is 7.30. The second kappa shape index (κ2) is 5.33. The number of nitrogens with two attached hydrogens (primary N) is 1. The van der Waals surface area contributed by atoms with E-state index in [2.05, 4.69) is 26.8 Å². The number of allylic oxidation sites excluding steroid dienone is 1. The Kier molecular flexibility index (Phi) is 3.74. The maximum absolute atomic E-state index is 10.1. The van der Waals surface area contributed by atoms with Gasteiger partial charge in [-0.15, -0.1) is 0 Å². The molecule has 0 aromatic rings. The van der Waals surface area contributed by atoms with Crippen molar-refractivity contribution in [1.82, 2.24) is 0 Å². The minimum absolute atomic E-state index is 0.0892. The lowest BCUT2D eigenvalue weighted by Crippen LogP contribution is -2.51. The Labute approximate surface area is 141 Å². The summed E-state index contributed by atoms with van der Waals surface area (Å²) in [7, 11) is 0. The van der Waals surface area contributed by atoms with Gasteiger partial charge < -0.3 is 10.8 Å². The topological polar surface area (TPSA) is 46.2 Å². The molecule has 0 radical (unpaired) electrons. The zero-order valence-electron chi connectivity index (χ0n) is 15.2. The van der Waals surface area contributed by atoms with Gasteiger partial charge in [0.15, 0.2) is 0 Å². The molecule has 4 aliphatic rings. The number of hydrogen-bond acceptors (Lipinski definition) is 2. The zero-order chi connectivity index (χ0) is 16.4. The first-order valence-electron chi connectivity index (χ1n) is 9.99. The van der Waals surface area contributed by atoms with Gasteiger partial charge in [0, 0.05) is 6.04 Å². The Morgan fingerprint density at radius 2 is 1.91 bits per heavy atom. The van der Waals surface area contributed by atoms with E-state index in [1.165, 1.54) is 38.5 Å². The minimum Gasteiger partial charge on any atom is -0.393 e. The van der Waals surface area contributed by atoms with Gasteiger partial charge in [0.25, 0.3) is 0 Å². The second-order valence-corrected chi connectivity index (χ2v) is 9.74. The van der Waals surface area contributed by atoms with Gasteiger partial charge in [0.2, 0.25) is 0 Å². The van der Waals surface area contributed by atoms with Gasteiger partial charge in [0.05, 0.1) is 6.10 Å².